The minimum Gasteiger partial charge on any atom is -0.383 e. The number of anilines is 2. The van der Waals surface area contributed by atoms with Gasteiger partial charge in [0.05, 0.1) is 12.6 Å². The van der Waals surface area contributed by atoms with Gasteiger partial charge in [0.1, 0.15) is 17.5 Å². The smallest absolute Gasteiger partial charge is 0.145 e. The lowest BCUT2D eigenvalue weighted by atomic mass is 10.1. The molecule has 0 aliphatic heterocycles. The van der Waals surface area contributed by atoms with Crippen LogP contribution >= 0.6 is 0 Å². The zero-order valence-electron chi connectivity index (χ0n) is 12.2. The van der Waals surface area contributed by atoms with E-state index in [9.17, 15) is 0 Å². The zero-order valence-corrected chi connectivity index (χ0v) is 12.2. The summed E-state index contributed by atoms with van der Waals surface area (Å²) in [5.41, 5.74) is 2.58. The second-order valence-corrected chi connectivity index (χ2v) is 4.90. The first-order chi connectivity index (χ1) is 9.10. The number of nitrogen functional groups attached to an aromatic ring is 1. The molecule has 6 nitrogen and oxygen atoms in total. The Morgan fingerprint density at radius 2 is 2.00 bits per heavy atom. The molecule has 0 saturated carbocycles. The summed E-state index contributed by atoms with van der Waals surface area (Å²) in [4.78, 5) is 8.82. The van der Waals surface area contributed by atoms with Crippen molar-refractivity contribution in [3.8, 4) is 0 Å². The molecule has 0 fully saturated rings. The molecule has 0 aliphatic rings. The maximum atomic E-state index is 5.44. The van der Waals surface area contributed by atoms with Crippen molar-refractivity contribution in [2.75, 3.05) is 24.5 Å². The van der Waals surface area contributed by atoms with Gasteiger partial charge in [-0.25, -0.2) is 15.8 Å². The highest BCUT2D eigenvalue weighted by atomic mass is 16.5. The Hall–Kier alpha value is -1.40. The molecular formula is C13H25N5O. The molecule has 108 valence electrons. The van der Waals surface area contributed by atoms with E-state index in [1.165, 1.54) is 0 Å². The highest BCUT2D eigenvalue weighted by Gasteiger charge is 2.14. The summed E-state index contributed by atoms with van der Waals surface area (Å²) >= 11 is 0. The molecule has 1 unspecified atom stereocenters. The van der Waals surface area contributed by atoms with Crippen molar-refractivity contribution in [2.24, 2.45) is 11.8 Å². The maximum absolute atomic E-state index is 5.44. The van der Waals surface area contributed by atoms with Gasteiger partial charge in [-0.1, -0.05) is 20.8 Å². The van der Waals surface area contributed by atoms with Gasteiger partial charge in [-0.3, -0.25) is 0 Å². The van der Waals surface area contributed by atoms with Gasteiger partial charge in [0.15, 0.2) is 0 Å². The summed E-state index contributed by atoms with van der Waals surface area (Å²) in [7, 11) is 1.70. The summed E-state index contributed by atoms with van der Waals surface area (Å²) in [5.74, 6) is 8.08. The molecule has 4 N–H and O–H groups in total. The maximum Gasteiger partial charge on any atom is 0.145 e. The lowest BCUT2D eigenvalue weighted by molar-refractivity contribution is 0.171. The Morgan fingerprint density at radius 3 is 2.53 bits per heavy atom. The van der Waals surface area contributed by atoms with E-state index in [4.69, 9.17) is 10.6 Å². The largest absolute Gasteiger partial charge is 0.383 e. The number of aromatic nitrogens is 2. The first-order valence-electron chi connectivity index (χ1n) is 6.70. The van der Waals surface area contributed by atoms with Crippen molar-refractivity contribution in [3.63, 3.8) is 0 Å². The fourth-order valence-corrected chi connectivity index (χ4v) is 1.75. The quantitative estimate of drug-likeness (QED) is 0.492. The van der Waals surface area contributed by atoms with Gasteiger partial charge in [0, 0.05) is 19.6 Å². The van der Waals surface area contributed by atoms with E-state index in [0.29, 0.717) is 18.3 Å². The fourth-order valence-electron chi connectivity index (χ4n) is 1.75. The Morgan fingerprint density at radius 1 is 1.32 bits per heavy atom. The van der Waals surface area contributed by atoms with Gasteiger partial charge in [0.2, 0.25) is 0 Å². The second-order valence-electron chi connectivity index (χ2n) is 4.90. The number of nitrogens with zero attached hydrogens (tertiary/aromatic N) is 2. The highest BCUT2D eigenvalue weighted by Crippen LogP contribution is 2.15. The van der Waals surface area contributed by atoms with E-state index in [2.05, 4.69) is 41.5 Å². The molecule has 0 bridgehead atoms. The Kier molecular flexibility index (Phi) is 6.52. The van der Waals surface area contributed by atoms with Gasteiger partial charge < -0.3 is 15.5 Å². The monoisotopic (exact) mass is 267 g/mol. The van der Waals surface area contributed by atoms with E-state index in [1.54, 1.807) is 7.11 Å². The number of methoxy groups -OCH3 is 1. The topological polar surface area (TPSA) is 85.1 Å². The lowest BCUT2D eigenvalue weighted by Gasteiger charge is -2.22. The van der Waals surface area contributed by atoms with Crippen LogP contribution in [0.4, 0.5) is 11.6 Å². The van der Waals surface area contributed by atoms with Gasteiger partial charge in [-0.15, -0.1) is 0 Å². The standard InChI is InChI=1S/C13H25N5O/c1-5-6-11-16-12(7-13(17-11)18-14)15-10(8-19-4)9(2)3/h7,9-10H,5-6,8,14H2,1-4H3,(H2,15,16,17,18). The number of rotatable bonds is 8. The molecule has 1 heterocycles. The molecule has 0 saturated heterocycles. The van der Waals surface area contributed by atoms with Crippen molar-refractivity contribution in [1.29, 1.82) is 0 Å². The molecule has 6 heteroatoms. The van der Waals surface area contributed by atoms with Crippen molar-refractivity contribution < 1.29 is 4.74 Å². The Labute approximate surface area is 115 Å². The van der Waals surface area contributed by atoms with Crippen LogP contribution in [0.15, 0.2) is 6.07 Å². The van der Waals surface area contributed by atoms with E-state index >= 15 is 0 Å². The number of aryl methyl sites for hydroxylation is 1. The summed E-state index contributed by atoms with van der Waals surface area (Å²) in [5, 5.41) is 3.38. The van der Waals surface area contributed by atoms with Crippen LogP contribution in [0.5, 0.6) is 0 Å². The molecule has 0 amide bonds. The van der Waals surface area contributed by atoms with Crippen molar-refractivity contribution >= 4 is 11.6 Å². The first kappa shape index (κ1) is 15.7. The number of nitrogens with one attached hydrogen (secondary N) is 2. The molecule has 19 heavy (non-hydrogen) atoms. The minimum absolute atomic E-state index is 0.208. The van der Waals surface area contributed by atoms with Crippen molar-refractivity contribution in [2.45, 2.75) is 39.7 Å². The SMILES string of the molecule is CCCc1nc(NN)cc(NC(COC)C(C)C)n1. The lowest BCUT2D eigenvalue weighted by Crippen LogP contribution is -2.31. The normalized spacial score (nSPS) is 12.5. The molecule has 0 radical (unpaired) electrons. The summed E-state index contributed by atoms with van der Waals surface area (Å²) in [6.07, 6.45) is 1.83. The van der Waals surface area contributed by atoms with Crippen LogP contribution in [0, 0.1) is 5.92 Å². The Balaban J connectivity index is 2.88. The molecule has 0 aromatic carbocycles. The molecule has 0 aliphatic carbocycles. The van der Waals surface area contributed by atoms with E-state index < -0.39 is 0 Å². The summed E-state index contributed by atoms with van der Waals surface area (Å²) < 4.78 is 5.23. The Bertz CT molecular complexity index is 383. The number of hydrogen-bond donors (Lipinski definition) is 3. The highest BCUT2D eigenvalue weighted by molar-refractivity contribution is 5.47. The number of hydrogen-bond acceptors (Lipinski definition) is 6. The predicted octanol–water partition coefficient (Wildman–Crippen LogP) is 1.80. The second kappa shape index (κ2) is 7.91. The molecular weight excluding hydrogens is 242 g/mol. The molecule has 1 atom stereocenters. The van der Waals surface area contributed by atoms with E-state index in [1.807, 2.05) is 6.07 Å². The average molecular weight is 267 g/mol. The number of nitrogens with two attached hydrogens (primary N) is 1. The van der Waals surface area contributed by atoms with Crippen LogP contribution in [0.1, 0.15) is 33.0 Å². The van der Waals surface area contributed by atoms with Crippen molar-refractivity contribution in [3.05, 3.63) is 11.9 Å². The first-order valence-corrected chi connectivity index (χ1v) is 6.70. The predicted molar refractivity (Wildman–Crippen MR) is 78.0 cm³/mol. The van der Waals surface area contributed by atoms with Crippen LogP contribution in [0.3, 0.4) is 0 Å². The van der Waals surface area contributed by atoms with Crippen LogP contribution in [0.2, 0.25) is 0 Å². The number of hydrazine groups is 1. The van der Waals surface area contributed by atoms with Crippen molar-refractivity contribution in [1.82, 2.24) is 9.97 Å². The van der Waals surface area contributed by atoms with Gasteiger partial charge >= 0.3 is 0 Å². The van der Waals surface area contributed by atoms with Gasteiger partial charge in [-0.2, -0.15) is 0 Å². The third-order valence-corrected chi connectivity index (χ3v) is 2.88. The summed E-state index contributed by atoms with van der Waals surface area (Å²) in [6, 6.07) is 2.02. The molecule has 1 aromatic rings. The zero-order chi connectivity index (χ0) is 14.3. The van der Waals surface area contributed by atoms with Crippen LogP contribution < -0.4 is 16.6 Å². The average Bonchev–Trinajstić information content (AvgIpc) is 2.38. The van der Waals surface area contributed by atoms with Gasteiger partial charge in [0.25, 0.3) is 0 Å². The molecule has 1 rings (SSSR count). The third kappa shape index (κ3) is 5.00. The van der Waals surface area contributed by atoms with E-state index in [0.717, 1.165) is 24.5 Å². The number of ether oxygens (including phenoxy) is 1. The van der Waals surface area contributed by atoms with Crippen LogP contribution in [0.25, 0.3) is 0 Å². The van der Waals surface area contributed by atoms with Crippen LogP contribution in [-0.4, -0.2) is 29.7 Å². The molecule has 0 spiro atoms. The van der Waals surface area contributed by atoms with Gasteiger partial charge in [-0.05, 0) is 12.3 Å². The van der Waals surface area contributed by atoms with E-state index in [-0.39, 0.29) is 6.04 Å². The summed E-state index contributed by atoms with van der Waals surface area (Å²) in [6.45, 7) is 7.02. The fraction of sp³-hybridized carbons (Fsp3) is 0.692. The minimum atomic E-state index is 0.208. The molecule has 1 aromatic heterocycles. The van der Waals surface area contributed by atoms with Crippen LogP contribution in [-0.2, 0) is 11.2 Å². The third-order valence-electron chi connectivity index (χ3n) is 2.88.